The quantitative estimate of drug-likeness (QED) is 0.445. The largest absolute Gasteiger partial charge is 0.444 e. The van der Waals surface area contributed by atoms with E-state index in [1.54, 1.807) is 12.1 Å². The molecule has 2 heterocycles. The molecule has 2 aromatic rings. The molecule has 1 aromatic heterocycles. The number of alkyl carbamates (subject to hydrolysis) is 1. The molecular formula is C20H25ClN4O4. The van der Waals surface area contributed by atoms with E-state index in [0.717, 1.165) is 11.8 Å². The Kier molecular flexibility index (Phi) is 5.84. The van der Waals surface area contributed by atoms with Gasteiger partial charge >= 0.3 is 6.09 Å². The third kappa shape index (κ3) is 5.06. The number of amides is 1. The number of aromatic nitrogens is 1. The third-order valence-electron chi connectivity index (χ3n) is 4.88. The van der Waals surface area contributed by atoms with Gasteiger partial charge < -0.3 is 15.0 Å². The topological polar surface area (TPSA) is 97.6 Å². The number of rotatable bonds is 3. The van der Waals surface area contributed by atoms with E-state index in [4.69, 9.17) is 16.3 Å². The number of nitro benzene ring substituents is 1. The summed E-state index contributed by atoms with van der Waals surface area (Å²) in [5, 5.41) is 15.8. The molecule has 2 atom stereocenters. The van der Waals surface area contributed by atoms with E-state index in [1.807, 2.05) is 20.8 Å². The zero-order chi connectivity index (χ0) is 21.3. The fourth-order valence-corrected chi connectivity index (χ4v) is 3.76. The minimum Gasteiger partial charge on any atom is -0.444 e. The second-order valence-corrected chi connectivity index (χ2v) is 8.78. The first-order valence-electron chi connectivity index (χ1n) is 9.52. The molecule has 0 saturated carbocycles. The SMILES string of the molecule is CC1CN(c2nc(Cl)cc3cc([N+](=O)[O-])ccc23)CCC1NC(=O)OC(C)(C)C. The first-order chi connectivity index (χ1) is 13.5. The highest BCUT2D eigenvalue weighted by Gasteiger charge is 2.30. The van der Waals surface area contributed by atoms with Crippen LogP contribution in [0.1, 0.15) is 34.1 Å². The zero-order valence-corrected chi connectivity index (χ0v) is 17.7. The molecule has 1 aromatic carbocycles. The van der Waals surface area contributed by atoms with Gasteiger partial charge in [-0.1, -0.05) is 18.5 Å². The van der Waals surface area contributed by atoms with Crippen LogP contribution in [0.2, 0.25) is 5.15 Å². The number of hydrogen-bond donors (Lipinski definition) is 1. The maximum absolute atomic E-state index is 12.1. The van der Waals surface area contributed by atoms with Crippen molar-refractivity contribution in [2.75, 3.05) is 18.0 Å². The van der Waals surface area contributed by atoms with Crippen molar-refractivity contribution in [2.24, 2.45) is 5.92 Å². The molecule has 0 spiro atoms. The van der Waals surface area contributed by atoms with Crippen LogP contribution in [0.4, 0.5) is 16.3 Å². The predicted molar refractivity (Wildman–Crippen MR) is 113 cm³/mol. The number of carbonyl (C=O) groups is 1. The number of fused-ring (bicyclic) bond motifs is 1. The Labute approximate surface area is 174 Å². The molecule has 1 fully saturated rings. The number of piperidine rings is 1. The Morgan fingerprint density at radius 1 is 1.38 bits per heavy atom. The van der Waals surface area contributed by atoms with Gasteiger partial charge in [-0.15, -0.1) is 0 Å². The van der Waals surface area contributed by atoms with Crippen LogP contribution in [-0.2, 0) is 4.74 Å². The molecule has 156 valence electrons. The molecule has 1 aliphatic rings. The number of nitro groups is 1. The van der Waals surface area contributed by atoms with Gasteiger partial charge in [0.2, 0.25) is 0 Å². The predicted octanol–water partition coefficient (Wildman–Crippen LogP) is 4.54. The molecule has 1 amide bonds. The number of anilines is 1. The Morgan fingerprint density at radius 3 is 2.72 bits per heavy atom. The summed E-state index contributed by atoms with van der Waals surface area (Å²) in [7, 11) is 0. The molecule has 9 heteroatoms. The lowest BCUT2D eigenvalue weighted by Crippen LogP contribution is -2.51. The minimum absolute atomic E-state index is 0.00682. The van der Waals surface area contributed by atoms with Crippen LogP contribution in [0, 0.1) is 16.0 Å². The van der Waals surface area contributed by atoms with E-state index in [1.165, 1.54) is 12.1 Å². The second-order valence-electron chi connectivity index (χ2n) is 8.40. The Morgan fingerprint density at radius 2 is 2.10 bits per heavy atom. The second kappa shape index (κ2) is 8.02. The summed E-state index contributed by atoms with van der Waals surface area (Å²) in [6.45, 7) is 8.90. The van der Waals surface area contributed by atoms with Gasteiger partial charge in [-0.05, 0) is 50.6 Å². The molecule has 0 bridgehead atoms. The molecule has 1 aliphatic heterocycles. The first kappa shape index (κ1) is 21.1. The molecule has 0 radical (unpaired) electrons. The number of pyridine rings is 1. The summed E-state index contributed by atoms with van der Waals surface area (Å²) in [5.74, 6) is 0.857. The summed E-state index contributed by atoms with van der Waals surface area (Å²) in [6, 6.07) is 6.32. The van der Waals surface area contributed by atoms with Crippen molar-refractivity contribution < 1.29 is 14.5 Å². The van der Waals surface area contributed by atoms with E-state index < -0.39 is 16.6 Å². The van der Waals surface area contributed by atoms with Crippen molar-refractivity contribution in [3.05, 3.63) is 39.5 Å². The van der Waals surface area contributed by atoms with Crippen LogP contribution in [0.5, 0.6) is 0 Å². The lowest BCUT2D eigenvalue weighted by molar-refractivity contribution is -0.384. The lowest BCUT2D eigenvalue weighted by Gasteiger charge is -2.38. The van der Waals surface area contributed by atoms with Gasteiger partial charge in [-0.3, -0.25) is 10.1 Å². The minimum atomic E-state index is -0.541. The third-order valence-corrected chi connectivity index (χ3v) is 5.07. The first-order valence-corrected chi connectivity index (χ1v) is 9.90. The van der Waals surface area contributed by atoms with Gasteiger partial charge in [0.25, 0.3) is 5.69 Å². The van der Waals surface area contributed by atoms with Gasteiger partial charge in [-0.2, -0.15) is 0 Å². The average Bonchev–Trinajstić information content (AvgIpc) is 2.60. The fraction of sp³-hybridized carbons (Fsp3) is 0.500. The average molecular weight is 421 g/mol. The maximum atomic E-state index is 12.1. The highest BCUT2D eigenvalue weighted by molar-refractivity contribution is 6.30. The van der Waals surface area contributed by atoms with Crippen molar-refractivity contribution in [3.8, 4) is 0 Å². The Hall–Kier alpha value is -2.61. The normalized spacial score (nSPS) is 19.8. The zero-order valence-electron chi connectivity index (χ0n) is 16.9. The highest BCUT2D eigenvalue weighted by Crippen LogP contribution is 2.32. The summed E-state index contributed by atoms with van der Waals surface area (Å²) in [5.41, 5.74) is -0.528. The van der Waals surface area contributed by atoms with Crippen molar-refractivity contribution in [1.29, 1.82) is 0 Å². The fourth-order valence-electron chi connectivity index (χ4n) is 3.56. The van der Waals surface area contributed by atoms with Gasteiger partial charge in [0.05, 0.1) is 4.92 Å². The van der Waals surface area contributed by atoms with Crippen molar-refractivity contribution >= 4 is 40.0 Å². The van der Waals surface area contributed by atoms with Crippen LogP contribution >= 0.6 is 11.6 Å². The number of nitrogens with one attached hydrogen (secondary N) is 1. The molecule has 1 N–H and O–H groups in total. The summed E-state index contributed by atoms with van der Waals surface area (Å²) >= 11 is 6.19. The number of nitrogens with zero attached hydrogens (tertiary/aromatic N) is 3. The van der Waals surface area contributed by atoms with E-state index in [2.05, 4.69) is 22.1 Å². The smallest absolute Gasteiger partial charge is 0.407 e. The summed E-state index contributed by atoms with van der Waals surface area (Å²) in [6.07, 6.45) is 0.310. The van der Waals surface area contributed by atoms with Crippen molar-refractivity contribution in [3.63, 3.8) is 0 Å². The van der Waals surface area contributed by atoms with E-state index in [-0.39, 0.29) is 22.8 Å². The van der Waals surface area contributed by atoms with Gasteiger partial charge in [0.1, 0.15) is 16.6 Å². The number of benzene rings is 1. The molecule has 8 nitrogen and oxygen atoms in total. The summed E-state index contributed by atoms with van der Waals surface area (Å²) in [4.78, 5) is 29.3. The van der Waals surface area contributed by atoms with Crippen LogP contribution in [0.3, 0.4) is 0 Å². The number of halogens is 1. The standard InChI is InChI=1S/C20H25ClN4O4/c1-12-11-24(8-7-16(12)22-19(26)29-20(2,3)4)18-15-6-5-14(25(27)28)9-13(15)10-17(21)23-18/h5-6,9-10,12,16H,7-8,11H2,1-4H3,(H,22,26). The molecule has 29 heavy (non-hydrogen) atoms. The van der Waals surface area contributed by atoms with Gasteiger partial charge in [-0.25, -0.2) is 9.78 Å². The van der Waals surface area contributed by atoms with E-state index >= 15 is 0 Å². The summed E-state index contributed by atoms with van der Waals surface area (Å²) < 4.78 is 5.36. The molecular weight excluding hydrogens is 396 g/mol. The highest BCUT2D eigenvalue weighted by atomic mass is 35.5. The van der Waals surface area contributed by atoms with Crippen molar-refractivity contribution in [1.82, 2.24) is 10.3 Å². The molecule has 3 rings (SSSR count). The number of hydrogen-bond acceptors (Lipinski definition) is 6. The maximum Gasteiger partial charge on any atom is 0.407 e. The van der Waals surface area contributed by atoms with Crippen LogP contribution in [-0.4, -0.2) is 40.7 Å². The number of non-ortho nitro benzene ring substituents is 1. The molecule has 1 saturated heterocycles. The van der Waals surface area contributed by atoms with Crippen LogP contribution < -0.4 is 10.2 Å². The Balaban J connectivity index is 1.78. The van der Waals surface area contributed by atoms with E-state index in [0.29, 0.717) is 24.3 Å². The number of ether oxygens (including phenoxy) is 1. The van der Waals surface area contributed by atoms with Crippen molar-refractivity contribution in [2.45, 2.75) is 45.8 Å². The van der Waals surface area contributed by atoms with E-state index in [9.17, 15) is 14.9 Å². The van der Waals surface area contributed by atoms with Gasteiger partial charge in [0.15, 0.2) is 0 Å². The lowest BCUT2D eigenvalue weighted by atomic mass is 9.93. The number of carbonyl (C=O) groups excluding carboxylic acids is 1. The molecule has 2 unspecified atom stereocenters. The Bertz CT molecular complexity index is 944. The van der Waals surface area contributed by atoms with Crippen LogP contribution in [0.15, 0.2) is 24.3 Å². The van der Waals surface area contributed by atoms with Gasteiger partial charge in [0, 0.05) is 36.7 Å². The monoisotopic (exact) mass is 420 g/mol. The molecule has 0 aliphatic carbocycles. The van der Waals surface area contributed by atoms with Crippen LogP contribution in [0.25, 0.3) is 10.8 Å².